The van der Waals surface area contributed by atoms with Crippen molar-refractivity contribution in [2.24, 2.45) is 0 Å². The Morgan fingerprint density at radius 1 is 0.792 bits per heavy atom. The standard InChI is InChI=1S/C13H8N4O7/c18-13(8-1-3-9(4-2-8)15(19)20)14-11-6-5-10(16(21)22)7-12(11)17(23)24/h1-7H,(H,14,18). The molecule has 11 nitrogen and oxygen atoms in total. The highest BCUT2D eigenvalue weighted by atomic mass is 16.6. The molecule has 2 aromatic rings. The van der Waals surface area contributed by atoms with Gasteiger partial charge in [-0.25, -0.2) is 0 Å². The van der Waals surface area contributed by atoms with Crippen molar-refractivity contribution in [1.82, 2.24) is 0 Å². The van der Waals surface area contributed by atoms with Gasteiger partial charge in [0.25, 0.3) is 23.0 Å². The molecule has 0 aromatic heterocycles. The summed E-state index contributed by atoms with van der Waals surface area (Å²) in [6, 6.07) is 7.37. The third kappa shape index (κ3) is 3.47. The Morgan fingerprint density at radius 2 is 1.33 bits per heavy atom. The first kappa shape index (κ1) is 16.5. The summed E-state index contributed by atoms with van der Waals surface area (Å²) in [7, 11) is 0. The number of carbonyl (C=O) groups is 1. The van der Waals surface area contributed by atoms with E-state index in [0.29, 0.717) is 0 Å². The maximum absolute atomic E-state index is 12.1. The van der Waals surface area contributed by atoms with Crippen LogP contribution in [-0.4, -0.2) is 20.7 Å². The van der Waals surface area contributed by atoms with Gasteiger partial charge in [0.05, 0.1) is 20.8 Å². The van der Waals surface area contributed by atoms with Crippen molar-refractivity contribution in [3.05, 3.63) is 78.4 Å². The predicted octanol–water partition coefficient (Wildman–Crippen LogP) is 2.66. The van der Waals surface area contributed by atoms with Crippen LogP contribution >= 0.6 is 0 Å². The van der Waals surface area contributed by atoms with Crippen molar-refractivity contribution in [3.63, 3.8) is 0 Å². The maximum Gasteiger partial charge on any atom is 0.299 e. The minimum atomic E-state index is -0.863. The first-order valence-electron chi connectivity index (χ1n) is 6.28. The zero-order valence-corrected chi connectivity index (χ0v) is 11.7. The molecule has 0 heterocycles. The fourth-order valence-electron chi connectivity index (χ4n) is 1.82. The number of hydrogen-bond donors (Lipinski definition) is 1. The van der Waals surface area contributed by atoms with Gasteiger partial charge in [-0.15, -0.1) is 0 Å². The fraction of sp³-hybridized carbons (Fsp3) is 0. The van der Waals surface area contributed by atoms with Gasteiger partial charge in [-0.2, -0.15) is 0 Å². The zero-order chi connectivity index (χ0) is 17.9. The molecular weight excluding hydrogens is 324 g/mol. The number of anilines is 1. The average molecular weight is 332 g/mol. The third-order valence-electron chi connectivity index (χ3n) is 2.98. The topological polar surface area (TPSA) is 159 Å². The Bertz CT molecular complexity index is 848. The molecular formula is C13H8N4O7. The van der Waals surface area contributed by atoms with Gasteiger partial charge in [0, 0.05) is 23.8 Å². The van der Waals surface area contributed by atoms with Crippen LogP contribution in [0.2, 0.25) is 0 Å². The number of nitro groups is 3. The molecule has 0 spiro atoms. The number of carbonyl (C=O) groups excluding carboxylic acids is 1. The Balaban J connectivity index is 2.29. The number of non-ortho nitro benzene ring substituents is 2. The molecule has 122 valence electrons. The first-order valence-corrected chi connectivity index (χ1v) is 6.28. The number of benzene rings is 2. The number of hydrogen-bond acceptors (Lipinski definition) is 7. The number of amides is 1. The molecule has 2 rings (SSSR count). The van der Waals surface area contributed by atoms with E-state index < -0.39 is 32.1 Å². The minimum Gasteiger partial charge on any atom is -0.316 e. The zero-order valence-electron chi connectivity index (χ0n) is 11.7. The minimum absolute atomic E-state index is 0.0354. The van der Waals surface area contributed by atoms with Gasteiger partial charge in [-0.05, 0) is 18.2 Å². The molecule has 0 aliphatic carbocycles. The molecule has 24 heavy (non-hydrogen) atoms. The molecule has 0 radical (unpaired) electrons. The number of nitrogens with one attached hydrogen (secondary N) is 1. The van der Waals surface area contributed by atoms with E-state index >= 15 is 0 Å². The molecule has 2 aromatic carbocycles. The van der Waals surface area contributed by atoms with Crippen LogP contribution in [0.3, 0.4) is 0 Å². The van der Waals surface area contributed by atoms with Gasteiger partial charge in [-0.3, -0.25) is 35.1 Å². The molecule has 0 saturated heterocycles. The average Bonchev–Trinajstić information content (AvgIpc) is 2.54. The normalized spacial score (nSPS) is 10.0. The Morgan fingerprint density at radius 3 is 1.83 bits per heavy atom. The van der Waals surface area contributed by atoms with E-state index in [-0.39, 0.29) is 16.9 Å². The highest BCUT2D eigenvalue weighted by Crippen LogP contribution is 2.29. The van der Waals surface area contributed by atoms with E-state index in [1.807, 2.05) is 0 Å². The second-order valence-corrected chi connectivity index (χ2v) is 4.47. The predicted molar refractivity (Wildman–Crippen MR) is 80.8 cm³/mol. The van der Waals surface area contributed by atoms with Crippen LogP contribution in [0.4, 0.5) is 22.7 Å². The van der Waals surface area contributed by atoms with Gasteiger partial charge in [0.15, 0.2) is 0 Å². The van der Waals surface area contributed by atoms with Crippen LogP contribution in [0, 0.1) is 30.3 Å². The first-order chi connectivity index (χ1) is 11.3. The lowest BCUT2D eigenvalue weighted by Crippen LogP contribution is -2.13. The van der Waals surface area contributed by atoms with E-state index in [0.717, 1.165) is 30.3 Å². The van der Waals surface area contributed by atoms with Crippen LogP contribution in [0.15, 0.2) is 42.5 Å². The molecule has 0 unspecified atom stereocenters. The quantitative estimate of drug-likeness (QED) is 0.650. The SMILES string of the molecule is O=C(Nc1ccc([N+](=O)[O-])cc1[N+](=O)[O-])c1ccc([N+](=O)[O-])cc1. The largest absolute Gasteiger partial charge is 0.316 e. The summed E-state index contributed by atoms with van der Waals surface area (Å²) in [5, 5.41) is 34.5. The smallest absolute Gasteiger partial charge is 0.299 e. The van der Waals surface area contributed by atoms with Gasteiger partial charge < -0.3 is 5.32 Å². The van der Waals surface area contributed by atoms with Gasteiger partial charge in [0.2, 0.25) is 0 Å². The number of nitro benzene ring substituents is 3. The summed E-state index contributed by atoms with van der Waals surface area (Å²) in [4.78, 5) is 42.0. The lowest BCUT2D eigenvalue weighted by Gasteiger charge is -2.06. The third-order valence-corrected chi connectivity index (χ3v) is 2.98. The molecule has 1 N–H and O–H groups in total. The van der Waals surface area contributed by atoms with Crippen LogP contribution in [0.1, 0.15) is 10.4 Å². The number of rotatable bonds is 5. The molecule has 0 aliphatic heterocycles. The van der Waals surface area contributed by atoms with Crippen LogP contribution in [-0.2, 0) is 0 Å². The van der Waals surface area contributed by atoms with Crippen LogP contribution < -0.4 is 5.32 Å². The van der Waals surface area contributed by atoms with Gasteiger partial charge in [-0.1, -0.05) is 0 Å². The molecule has 0 atom stereocenters. The van der Waals surface area contributed by atoms with Gasteiger partial charge >= 0.3 is 0 Å². The molecule has 0 bridgehead atoms. The summed E-state index contributed by atoms with van der Waals surface area (Å²) in [5.41, 5.74) is -1.54. The molecule has 0 fully saturated rings. The summed E-state index contributed by atoms with van der Waals surface area (Å²) in [5.74, 6) is -0.748. The van der Waals surface area contributed by atoms with E-state index in [1.54, 1.807) is 0 Å². The highest BCUT2D eigenvalue weighted by Gasteiger charge is 2.21. The second-order valence-electron chi connectivity index (χ2n) is 4.47. The fourth-order valence-corrected chi connectivity index (χ4v) is 1.82. The summed E-state index contributed by atoms with van der Waals surface area (Å²) >= 11 is 0. The lowest BCUT2D eigenvalue weighted by atomic mass is 10.2. The Kier molecular flexibility index (Phi) is 4.45. The summed E-state index contributed by atoms with van der Waals surface area (Å²) in [6.45, 7) is 0. The monoisotopic (exact) mass is 332 g/mol. The van der Waals surface area contributed by atoms with Crippen molar-refractivity contribution < 1.29 is 19.6 Å². The number of nitrogens with zero attached hydrogens (tertiary/aromatic N) is 3. The second kappa shape index (κ2) is 6.48. The van der Waals surface area contributed by atoms with Crippen LogP contribution in [0.25, 0.3) is 0 Å². The van der Waals surface area contributed by atoms with E-state index in [4.69, 9.17) is 0 Å². The maximum atomic E-state index is 12.1. The van der Waals surface area contributed by atoms with Crippen molar-refractivity contribution in [2.75, 3.05) is 5.32 Å². The molecule has 1 amide bonds. The van der Waals surface area contributed by atoms with Crippen molar-refractivity contribution in [1.29, 1.82) is 0 Å². The van der Waals surface area contributed by atoms with Crippen molar-refractivity contribution >= 4 is 28.7 Å². The Hall–Kier alpha value is -3.89. The lowest BCUT2D eigenvalue weighted by molar-refractivity contribution is -0.393. The van der Waals surface area contributed by atoms with E-state index in [1.165, 1.54) is 12.1 Å². The van der Waals surface area contributed by atoms with E-state index in [2.05, 4.69) is 5.32 Å². The molecule has 0 aliphatic rings. The highest BCUT2D eigenvalue weighted by molar-refractivity contribution is 6.05. The van der Waals surface area contributed by atoms with Gasteiger partial charge in [0.1, 0.15) is 5.69 Å². The summed E-state index contributed by atoms with van der Waals surface area (Å²) < 4.78 is 0. The van der Waals surface area contributed by atoms with Crippen molar-refractivity contribution in [3.8, 4) is 0 Å². The van der Waals surface area contributed by atoms with Crippen molar-refractivity contribution in [2.45, 2.75) is 0 Å². The summed E-state index contributed by atoms with van der Waals surface area (Å²) in [6.07, 6.45) is 0. The van der Waals surface area contributed by atoms with E-state index in [9.17, 15) is 35.1 Å². The Labute approximate surface area is 133 Å². The molecule has 11 heteroatoms. The molecule has 0 saturated carbocycles. The van der Waals surface area contributed by atoms with Crippen LogP contribution in [0.5, 0.6) is 0 Å².